The number of rotatable bonds is 5. The minimum Gasteiger partial charge on any atom is -0.497 e. The monoisotopic (exact) mass is 437 g/mol. The van der Waals surface area contributed by atoms with Crippen LogP contribution in [0.5, 0.6) is 17.2 Å². The van der Waals surface area contributed by atoms with Gasteiger partial charge < -0.3 is 14.2 Å². The Labute approximate surface area is 182 Å². The molecule has 4 rings (SSSR count). The largest absolute Gasteiger partial charge is 0.497 e. The van der Waals surface area contributed by atoms with E-state index in [0.29, 0.717) is 46.6 Å². The van der Waals surface area contributed by atoms with Gasteiger partial charge in [0, 0.05) is 16.7 Å². The summed E-state index contributed by atoms with van der Waals surface area (Å²) in [6.07, 6.45) is 1.60. The molecule has 1 aliphatic heterocycles. The second-order valence-corrected chi connectivity index (χ2v) is 7.46. The van der Waals surface area contributed by atoms with E-state index >= 15 is 0 Å². The first-order valence-electron chi connectivity index (χ1n) is 9.41. The minimum atomic E-state index is -0.477. The molecule has 2 amide bonds. The number of nitrogens with one attached hydrogen (secondary N) is 2. The van der Waals surface area contributed by atoms with Gasteiger partial charge in [-0.05, 0) is 54.6 Å². The SMILES string of the molecule is COc1ccc(C(=O)NNC(=O)c2cccnc2Sc2ccc3c(c2)OCCO3)cc1. The van der Waals surface area contributed by atoms with Crippen molar-refractivity contribution in [1.82, 2.24) is 15.8 Å². The van der Waals surface area contributed by atoms with E-state index in [-0.39, 0.29) is 0 Å². The molecular formula is C22H19N3O5S. The average molecular weight is 437 g/mol. The van der Waals surface area contributed by atoms with Crippen LogP contribution in [0.1, 0.15) is 20.7 Å². The molecule has 0 unspecified atom stereocenters. The number of carbonyl (C=O) groups excluding carboxylic acids is 2. The number of fused-ring (bicyclic) bond motifs is 1. The van der Waals surface area contributed by atoms with Crippen LogP contribution in [0.3, 0.4) is 0 Å². The Morgan fingerprint density at radius 3 is 2.48 bits per heavy atom. The lowest BCUT2D eigenvalue weighted by atomic mass is 10.2. The summed E-state index contributed by atoms with van der Waals surface area (Å²) in [6, 6.07) is 15.4. The molecule has 31 heavy (non-hydrogen) atoms. The number of carbonyl (C=O) groups is 2. The Morgan fingerprint density at radius 2 is 1.71 bits per heavy atom. The second-order valence-electron chi connectivity index (χ2n) is 6.40. The summed E-state index contributed by atoms with van der Waals surface area (Å²) in [5.41, 5.74) is 5.57. The molecule has 2 heterocycles. The molecule has 0 saturated carbocycles. The Morgan fingerprint density at radius 1 is 0.968 bits per heavy atom. The van der Waals surface area contributed by atoms with Crippen LogP contribution in [0, 0.1) is 0 Å². The molecule has 0 aliphatic carbocycles. The molecule has 1 aliphatic rings. The van der Waals surface area contributed by atoms with Crippen LogP contribution in [-0.4, -0.2) is 37.1 Å². The molecule has 0 bridgehead atoms. The maximum absolute atomic E-state index is 12.7. The number of methoxy groups -OCH3 is 1. The van der Waals surface area contributed by atoms with Crippen molar-refractivity contribution in [1.29, 1.82) is 0 Å². The Kier molecular flexibility index (Phi) is 6.23. The van der Waals surface area contributed by atoms with E-state index in [1.807, 2.05) is 18.2 Å². The Balaban J connectivity index is 1.43. The van der Waals surface area contributed by atoms with Gasteiger partial charge in [0.2, 0.25) is 0 Å². The van der Waals surface area contributed by atoms with Gasteiger partial charge in [-0.25, -0.2) is 4.98 Å². The van der Waals surface area contributed by atoms with Crippen LogP contribution in [0.15, 0.2) is 70.7 Å². The minimum absolute atomic E-state index is 0.331. The highest BCUT2D eigenvalue weighted by Gasteiger charge is 2.17. The van der Waals surface area contributed by atoms with E-state index in [4.69, 9.17) is 14.2 Å². The predicted molar refractivity (Wildman–Crippen MR) is 114 cm³/mol. The van der Waals surface area contributed by atoms with Crippen molar-refractivity contribution >= 4 is 23.6 Å². The number of hydrogen-bond acceptors (Lipinski definition) is 7. The summed E-state index contributed by atoms with van der Waals surface area (Å²) in [4.78, 5) is 30.1. The van der Waals surface area contributed by atoms with Gasteiger partial charge in [0.05, 0.1) is 12.7 Å². The lowest BCUT2D eigenvalue weighted by Gasteiger charge is -2.18. The van der Waals surface area contributed by atoms with E-state index in [0.717, 1.165) is 4.90 Å². The van der Waals surface area contributed by atoms with Gasteiger partial charge in [0.25, 0.3) is 11.8 Å². The maximum Gasteiger partial charge on any atom is 0.272 e. The van der Waals surface area contributed by atoms with Crippen LogP contribution in [0.25, 0.3) is 0 Å². The van der Waals surface area contributed by atoms with E-state index in [2.05, 4.69) is 15.8 Å². The van der Waals surface area contributed by atoms with Crippen LogP contribution in [0.4, 0.5) is 0 Å². The zero-order valence-electron chi connectivity index (χ0n) is 16.6. The fourth-order valence-corrected chi connectivity index (χ4v) is 3.75. The molecule has 0 fully saturated rings. The molecule has 0 saturated heterocycles. The Hall–Kier alpha value is -3.72. The normalized spacial score (nSPS) is 12.0. The van der Waals surface area contributed by atoms with Crippen molar-refractivity contribution in [3.05, 3.63) is 71.9 Å². The smallest absolute Gasteiger partial charge is 0.272 e. The summed E-state index contributed by atoms with van der Waals surface area (Å²) in [6.45, 7) is 1.01. The average Bonchev–Trinajstić information content (AvgIpc) is 2.82. The van der Waals surface area contributed by atoms with E-state index < -0.39 is 11.8 Å². The third-order valence-electron chi connectivity index (χ3n) is 4.39. The fourth-order valence-electron chi connectivity index (χ4n) is 2.84. The van der Waals surface area contributed by atoms with Gasteiger partial charge in [-0.2, -0.15) is 0 Å². The van der Waals surface area contributed by atoms with Crippen molar-refractivity contribution in [3.8, 4) is 17.2 Å². The molecule has 1 aromatic heterocycles. The number of benzene rings is 2. The van der Waals surface area contributed by atoms with Crippen LogP contribution in [0.2, 0.25) is 0 Å². The molecule has 3 aromatic rings. The molecular weight excluding hydrogens is 418 g/mol. The molecule has 2 aromatic carbocycles. The van der Waals surface area contributed by atoms with E-state index in [9.17, 15) is 9.59 Å². The van der Waals surface area contributed by atoms with Gasteiger partial charge in [-0.3, -0.25) is 20.4 Å². The molecule has 0 spiro atoms. The first-order valence-corrected chi connectivity index (χ1v) is 10.2. The molecule has 0 radical (unpaired) electrons. The van der Waals surface area contributed by atoms with Gasteiger partial charge in [0.15, 0.2) is 11.5 Å². The van der Waals surface area contributed by atoms with Crippen molar-refractivity contribution in [2.24, 2.45) is 0 Å². The Bertz CT molecular complexity index is 1100. The molecule has 158 valence electrons. The van der Waals surface area contributed by atoms with Gasteiger partial charge in [0.1, 0.15) is 24.0 Å². The third-order valence-corrected chi connectivity index (χ3v) is 5.39. The van der Waals surface area contributed by atoms with Crippen molar-refractivity contribution in [2.45, 2.75) is 9.92 Å². The first kappa shape index (κ1) is 20.5. The quantitative estimate of drug-likeness (QED) is 0.592. The number of aromatic nitrogens is 1. The third kappa shape index (κ3) is 4.89. The van der Waals surface area contributed by atoms with E-state index in [1.165, 1.54) is 11.8 Å². The molecule has 0 atom stereocenters. The van der Waals surface area contributed by atoms with Crippen molar-refractivity contribution < 1.29 is 23.8 Å². The highest BCUT2D eigenvalue weighted by atomic mass is 32.2. The molecule has 2 N–H and O–H groups in total. The van der Waals surface area contributed by atoms with Gasteiger partial charge >= 0.3 is 0 Å². The fraction of sp³-hybridized carbons (Fsp3) is 0.136. The topological polar surface area (TPSA) is 98.8 Å². The van der Waals surface area contributed by atoms with Crippen LogP contribution < -0.4 is 25.1 Å². The standard InChI is InChI=1S/C22H19N3O5S/c1-28-15-6-4-14(5-7-15)20(26)24-25-21(27)17-3-2-10-23-22(17)31-16-8-9-18-19(13-16)30-12-11-29-18/h2-10,13H,11-12H2,1H3,(H,24,26)(H,25,27). The number of nitrogens with zero attached hydrogens (tertiary/aromatic N) is 1. The summed E-state index contributed by atoms with van der Waals surface area (Å²) in [5.74, 6) is 1.06. The van der Waals surface area contributed by atoms with Crippen molar-refractivity contribution in [3.63, 3.8) is 0 Å². The number of hydrazine groups is 1. The molecule has 8 nitrogen and oxygen atoms in total. The van der Waals surface area contributed by atoms with Crippen LogP contribution in [-0.2, 0) is 0 Å². The number of hydrogen-bond donors (Lipinski definition) is 2. The highest BCUT2D eigenvalue weighted by Crippen LogP contribution is 2.37. The predicted octanol–water partition coefficient (Wildman–Crippen LogP) is 3.09. The molecule has 9 heteroatoms. The number of ether oxygens (including phenoxy) is 3. The van der Waals surface area contributed by atoms with E-state index in [1.54, 1.807) is 49.7 Å². The van der Waals surface area contributed by atoms with Crippen LogP contribution >= 0.6 is 11.8 Å². The summed E-state index contributed by atoms with van der Waals surface area (Å²) in [5, 5.41) is 0.496. The summed E-state index contributed by atoms with van der Waals surface area (Å²) >= 11 is 1.32. The first-order chi connectivity index (χ1) is 15.1. The lowest BCUT2D eigenvalue weighted by molar-refractivity contribution is 0.0844. The zero-order chi connectivity index (χ0) is 21.6. The van der Waals surface area contributed by atoms with Gasteiger partial charge in [-0.15, -0.1) is 0 Å². The highest BCUT2D eigenvalue weighted by molar-refractivity contribution is 7.99. The number of amides is 2. The second kappa shape index (κ2) is 9.40. The summed E-state index contributed by atoms with van der Waals surface area (Å²) < 4.78 is 16.2. The maximum atomic E-state index is 12.7. The lowest BCUT2D eigenvalue weighted by Crippen LogP contribution is -2.41. The van der Waals surface area contributed by atoms with Crippen molar-refractivity contribution in [2.75, 3.05) is 20.3 Å². The number of pyridine rings is 1. The van der Waals surface area contributed by atoms with Gasteiger partial charge in [-0.1, -0.05) is 11.8 Å². The zero-order valence-corrected chi connectivity index (χ0v) is 17.4. The summed E-state index contributed by atoms with van der Waals surface area (Å²) in [7, 11) is 1.55.